The van der Waals surface area contributed by atoms with Gasteiger partial charge in [0.15, 0.2) is 0 Å². The molecule has 0 atom stereocenters. The van der Waals surface area contributed by atoms with Crippen LogP contribution in [0.4, 0.5) is 0 Å². The summed E-state index contributed by atoms with van der Waals surface area (Å²) in [6, 6.07) is 8.88. The van der Waals surface area contributed by atoms with Crippen LogP contribution in [-0.2, 0) is 0 Å². The molecule has 7 heteroatoms. The summed E-state index contributed by atoms with van der Waals surface area (Å²) in [6.07, 6.45) is 1.45. The SMILES string of the molecule is Cc1ccc(C(=O)N/N=C\c2c(Br)cc(Br)c(O)c2Br)cc1. The minimum atomic E-state index is -0.301. The summed E-state index contributed by atoms with van der Waals surface area (Å²) in [5.41, 5.74) is 4.68. The molecule has 0 saturated carbocycles. The Bertz CT molecular complexity index is 743. The van der Waals surface area contributed by atoms with Crippen LogP contribution in [0.5, 0.6) is 5.75 Å². The lowest BCUT2D eigenvalue weighted by Crippen LogP contribution is -2.17. The molecule has 0 heterocycles. The second-order valence-corrected chi connectivity index (χ2v) is 6.98. The number of phenolic OH excluding ortho intramolecular Hbond substituents is 1. The molecule has 0 radical (unpaired) electrons. The van der Waals surface area contributed by atoms with Crippen LogP contribution in [0.25, 0.3) is 0 Å². The van der Waals surface area contributed by atoms with Gasteiger partial charge in [-0.1, -0.05) is 33.6 Å². The number of rotatable bonds is 3. The molecule has 0 aliphatic carbocycles. The summed E-state index contributed by atoms with van der Waals surface area (Å²) >= 11 is 9.90. The van der Waals surface area contributed by atoms with Crippen molar-refractivity contribution in [3.8, 4) is 5.75 Å². The van der Waals surface area contributed by atoms with E-state index in [-0.39, 0.29) is 11.7 Å². The molecule has 22 heavy (non-hydrogen) atoms. The smallest absolute Gasteiger partial charge is 0.271 e. The molecule has 2 rings (SSSR count). The van der Waals surface area contributed by atoms with Gasteiger partial charge in [0.25, 0.3) is 5.91 Å². The zero-order chi connectivity index (χ0) is 16.3. The van der Waals surface area contributed by atoms with Crippen LogP contribution in [0.2, 0.25) is 0 Å². The third-order valence-corrected chi connectivity index (χ3v) is 4.92. The molecule has 0 bridgehead atoms. The first kappa shape index (κ1) is 17.2. The first-order valence-electron chi connectivity index (χ1n) is 6.16. The standard InChI is InChI=1S/C15H11Br3N2O2/c1-8-2-4-9(5-3-8)15(22)20-19-7-10-11(16)6-12(17)14(21)13(10)18/h2-7,21H,1H3,(H,20,22)/b19-7-. The van der Waals surface area contributed by atoms with Gasteiger partial charge >= 0.3 is 0 Å². The fraction of sp³-hybridized carbons (Fsp3) is 0.0667. The highest BCUT2D eigenvalue weighted by Crippen LogP contribution is 2.38. The maximum absolute atomic E-state index is 11.9. The fourth-order valence-corrected chi connectivity index (χ4v) is 3.96. The van der Waals surface area contributed by atoms with Gasteiger partial charge < -0.3 is 5.11 Å². The molecule has 114 valence electrons. The number of nitrogens with zero attached hydrogens (tertiary/aromatic N) is 1. The van der Waals surface area contributed by atoms with Crippen LogP contribution in [0.3, 0.4) is 0 Å². The summed E-state index contributed by atoms with van der Waals surface area (Å²) in [6.45, 7) is 1.95. The van der Waals surface area contributed by atoms with E-state index < -0.39 is 0 Å². The lowest BCUT2D eigenvalue weighted by atomic mass is 10.1. The molecule has 2 N–H and O–H groups in total. The van der Waals surface area contributed by atoms with Crippen molar-refractivity contribution in [1.82, 2.24) is 5.43 Å². The van der Waals surface area contributed by atoms with Crippen molar-refractivity contribution in [2.24, 2.45) is 5.10 Å². The number of carbonyl (C=O) groups is 1. The van der Waals surface area contributed by atoms with Gasteiger partial charge in [-0.15, -0.1) is 0 Å². The maximum atomic E-state index is 11.9. The molecule has 2 aromatic carbocycles. The van der Waals surface area contributed by atoms with Gasteiger partial charge in [0.05, 0.1) is 15.2 Å². The third-order valence-electron chi connectivity index (χ3n) is 2.85. The summed E-state index contributed by atoms with van der Waals surface area (Å²) in [5.74, 6) is -0.237. The van der Waals surface area contributed by atoms with Crippen LogP contribution in [0.1, 0.15) is 21.5 Å². The van der Waals surface area contributed by atoms with Gasteiger partial charge in [0.1, 0.15) is 5.75 Å². The van der Waals surface area contributed by atoms with Gasteiger partial charge in [0, 0.05) is 15.6 Å². The molecule has 0 aromatic heterocycles. The Kier molecular flexibility index (Phi) is 5.77. The van der Waals surface area contributed by atoms with Gasteiger partial charge in [-0.05, 0) is 57.0 Å². The molecule has 4 nitrogen and oxygen atoms in total. The molecule has 0 unspecified atom stereocenters. The Morgan fingerprint density at radius 2 is 1.82 bits per heavy atom. The predicted molar refractivity (Wildman–Crippen MR) is 97.4 cm³/mol. The highest BCUT2D eigenvalue weighted by Gasteiger charge is 2.12. The number of aromatic hydroxyl groups is 1. The van der Waals surface area contributed by atoms with Gasteiger partial charge in [-0.2, -0.15) is 5.10 Å². The zero-order valence-electron chi connectivity index (χ0n) is 11.4. The lowest BCUT2D eigenvalue weighted by molar-refractivity contribution is 0.0955. The average Bonchev–Trinajstić information content (AvgIpc) is 2.49. The Morgan fingerprint density at radius 3 is 2.45 bits per heavy atom. The normalized spacial score (nSPS) is 10.9. The first-order valence-corrected chi connectivity index (χ1v) is 8.54. The number of halogens is 3. The maximum Gasteiger partial charge on any atom is 0.271 e. The average molecular weight is 491 g/mol. The Balaban J connectivity index is 2.15. The number of benzene rings is 2. The molecule has 0 saturated heterocycles. The Morgan fingerprint density at radius 1 is 1.18 bits per heavy atom. The van der Waals surface area contributed by atoms with Crippen LogP contribution in [-0.4, -0.2) is 17.2 Å². The van der Waals surface area contributed by atoms with Crippen LogP contribution >= 0.6 is 47.8 Å². The number of hydrogen-bond donors (Lipinski definition) is 2. The van der Waals surface area contributed by atoms with Crippen molar-refractivity contribution in [2.45, 2.75) is 6.92 Å². The molecule has 0 aliphatic heterocycles. The van der Waals surface area contributed by atoms with Gasteiger partial charge in [0.2, 0.25) is 0 Å². The molecule has 1 amide bonds. The first-order chi connectivity index (χ1) is 10.4. The van der Waals surface area contributed by atoms with E-state index in [0.717, 1.165) is 10.0 Å². The highest BCUT2D eigenvalue weighted by molar-refractivity contribution is 9.11. The molecule has 0 spiro atoms. The van der Waals surface area contributed by atoms with E-state index in [1.807, 2.05) is 19.1 Å². The minimum Gasteiger partial charge on any atom is -0.506 e. The second-order valence-electron chi connectivity index (χ2n) is 4.48. The van der Waals surface area contributed by atoms with Crippen molar-refractivity contribution < 1.29 is 9.90 Å². The quantitative estimate of drug-likeness (QED) is 0.481. The van der Waals surface area contributed by atoms with E-state index >= 15 is 0 Å². The number of aryl methyl sites for hydroxylation is 1. The molecule has 0 aliphatic rings. The summed E-state index contributed by atoms with van der Waals surface area (Å²) in [7, 11) is 0. The largest absolute Gasteiger partial charge is 0.506 e. The second kappa shape index (κ2) is 7.39. The Labute approximate surface area is 153 Å². The number of amides is 1. The minimum absolute atomic E-state index is 0.0644. The number of hydrogen-bond acceptors (Lipinski definition) is 3. The number of phenols is 1. The van der Waals surface area contributed by atoms with E-state index in [0.29, 0.717) is 20.1 Å². The number of nitrogens with one attached hydrogen (secondary N) is 1. The summed E-state index contributed by atoms with van der Waals surface area (Å²) in [4.78, 5) is 11.9. The van der Waals surface area contributed by atoms with Crippen molar-refractivity contribution in [1.29, 1.82) is 0 Å². The third kappa shape index (κ3) is 3.97. The molecule has 2 aromatic rings. The monoisotopic (exact) mass is 488 g/mol. The van der Waals surface area contributed by atoms with Crippen LogP contribution in [0.15, 0.2) is 48.9 Å². The summed E-state index contributed by atoms with van der Waals surface area (Å²) < 4.78 is 1.74. The number of carbonyl (C=O) groups excluding carboxylic acids is 1. The number of hydrazone groups is 1. The fourth-order valence-electron chi connectivity index (χ4n) is 1.64. The van der Waals surface area contributed by atoms with Gasteiger partial charge in [-0.3, -0.25) is 4.79 Å². The van der Waals surface area contributed by atoms with Gasteiger partial charge in [-0.25, -0.2) is 5.43 Å². The van der Waals surface area contributed by atoms with E-state index in [2.05, 4.69) is 58.3 Å². The van der Waals surface area contributed by atoms with Crippen LogP contribution < -0.4 is 5.43 Å². The predicted octanol–water partition coefficient (Wildman–Crippen LogP) is 4.75. The van der Waals surface area contributed by atoms with E-state index in [4.69, 9.17) is 0 Å². The van der Waals surface area contributed by atoms with Crippen molar-refractivity contribution in [2.75, 3.05) is 0 Å². The van der Waals surface area contributed by atoms with Crippen LogP contribution in [0, 0.1) is 6.92 Å². The topological polar surface area (TPSA) is 61.7 Å². The highest BCUT2D eigenvalue weighted by atomic mass is 79.9. The Hall–Kier alpha value is -1.18. The van der Waals surface area contributed by atoms with E-state index in [1.165, 1.54) is 6.21 Å². The molecule has 0 fully saturated rings. The zero-order valence-corrected chi connectivity index (χ0v) is 16.2. The van der Waals surface area contributed by atoms with E-state index in [9.17, 15) is 9.90 Å². The van der Waals surface area contributed by atoms with Crippen molar-refractivity contribution in [3.63, 3.8) is 0 Å². The van der Waals surface area contributed by atoms with Crippen molar-refractivity contribution >= 4 is 59.9 Å². The molecular weight excluding hydrogens is 480 g/mol. The van der Waals surface area contributed by atoms with E-state index in [1.54, 1.807) is 18.2 Å². The van der Waals surface area contributed by atoms with Crippen molar-refractivity contribution in [3.05, 3.63) is 60.4 Å². The molecular formula is C15H11Br3N2O2. The lowest BCUT2D eigenvalue weighted by Gasteiger charge is -2.06. The summed E-state index contributed by atoms with van der Waals surface area (Å²) in [5, 5.41) is 13.8.